The average molecular weight is 358 g/mol. The van der Waals surface area contributed by atoms with Gasteiger partial charge < -0.3 is 9.84 Å². The molecule has 2 rings (SSSR count). The highest BCUT2D eigenvalue weighted by Crippen LogP contribution is 2.32. The number of halogens is 1. The molecule has 26 heavy (non-hydrogen) atoms. The van der Waals surface area contributed by atoms with Crippen LogP contribution >= 0.6 is 0 Å². The van der Waals surface area contributed by atoms with Crippen molar-refractivity contribution in [2.24, 2.45) is 5.41 Å². The Hall–Kier alpha value is -3.02. The Balaban J connectivity index is 2.40. The molecular weight excluding hydrogens is 339 g/mol. The smallest absolute Gasteiger partial charge is 0.324 e. The van der Waals surface area contributed by atoms with Gasteiger partial charge in [-0.2, -0.15) is 0 Å². The SMILES string of the molecule is CCOC(=O)C(CC(=O)c1ccc(F)cc1)(Cc1ccccc1)C(=O)O. The largest absolute Gasteiger partial charge is 0.480 e. The van der Waals surface area contributed by atoms with Crippen LogP contribution in [0.2, 0.25) is 0 Å². The number of carbonyl (C=O) groups excluding carboxylic acids is 2. The van der Waals surface area contributed by atoms with Crippen LogP contribution in [0.4, 0.5) is 4.39 Å². The first-order valence-corrected chi connectivity index (χ1v) is 8.12. The molecule has 0 aliphatic rings. The summed E-state index contributed by atoms with van der Waals surface area (Å²) in [4.78, 5) is 37.1. The lowest BCUT2D eigenvalue weighted by Crippen LogP contribution is -2.44. The molecule has 1 unspecified atom stereocenters. The number of esters is 1. The van der Waals surface area contributed by atoms with Crippen molar-refractivity contribution in [3.63, 3.8) is 0 Å². The van der Waals surface area contributed by atoms with Crippen molar-refractivity contribution in [2.75, 3.05) is 6.61 Å². The molecule has 0 aliphatic carbocycles. The monoisotopic (exact) mass is 358 g/mol. The fraction of sp³-hybridized carbons (Fsp3) is 0.250. The molecule has 0 fully saturated rings. The summed E-state index contributed by atoms with van der Waals surface area (Å²) in [5.41, 5.74) is -1.33. The van der Waals surface area contributed by atoms with Gasteiger partial charge in [0.1, 0.15) is 5.82 Å². The van der Waals surface area contributed by atoms with Crippen LogP contribution in [-0.4, -0.2) is 29.4 Å². The molecule has 5 nitrogen and oxygen atoms in total. The predicted octanol–water partition coefficient (Wildman–Crippen LogP) is 3.28. The molecule has 2 aromatic rings. The summed E-state index contributed by atoms with van der Waals surface area (Å²) >= 11 is 0. The van der Waals surface area contributed by atoms with Gasteiger partial charge in [-0.15, -0.1) is 0 Å². The van der Waals surface area contributed by atoms with Gasteiger partial charge in [0.15, 0.2) is 11.2 Å². The third-order valence-corrected chi connectivity index (χ3v) is 4.05. The van der Waals surface area contributed by atoms with E-state index in [0.29, 0.717) is 5.56 Å². The van der Waals surface area contributed by atoms with E-state index in [0.717, 1.165) is 12.1 Å². The van der Waals surface area contributed by atoms with Gasteiger partial charge in [-0.05, 0) is 43.2 Å². The summed E-state index contributed by atoms with van der Waals surface area (Å²) in [7, 11) is 0. The van der Waals surface area contributed by atoms with Gasteiger partial charge in [-0.25, -0.2) is 4.39 Å². The summed E-state index contributed by atoms with van der Waals surface area (Å²) in [5.74, 6) is -3.49. The quantitative estimate of drug-likeness (QED) is 0.445. The summed E-state index contributed by atoms with van der Waals surface area (Å²) in [5, 5.41) is 9.81. The van der Waals surface area contributed by atoms with Crippen molar-refractivity contribution >= 4 is 17.7 Å². The Kier molecular flexibility index (Phi) is 6.22. The van der Waals surface area contributed by atoms with Gasteiger partial charge in [-0.1, -0.05) is 30.3 Å². The second-order valence-corrected chi connectivity index (χ2v) is 5.88. The highest BCUT2D eigenvalue weighted by Gasteiger charge is 2.49. The lowest BCUT2D eigenvalue weighted by Gasteiger charge is -2.26. The van der Waals surface area contributed by atoms with Crippen LogP contribution in [0.3, 0.4) is 0 Å². The number of ether oxygens (including phenoxy) is 1. The molecule has 0 aliphatic heterocycles. The number of carboxylic acid groups (broad SMARTS) is 1. The van der Waals surface area contributed by atoms with E-state index < -0.39 is 35.4 Å². The molecular formula is C20H19FO5. The molecule has 1 atom stereocenters. The number of carboxylic acids is 1. The van der Waals surface area contributed by atoms with Gasteiger partial charge in [0.2, 0.25) is 0 Å². The van der Waals surface area contributed by atoms with E-state index in [2.05, 4.69) is 0 Å². The molecule has 0 bridgehead atoms. The van der Waals surface area contributed by atoms with Crippen LogP contribution in [0.1, 0.15) is 29.3 Å². The zero-order valence-corrected chi connectivity index (χ0v) is 14.3. The van der Waals surface area contributed by atoms with Crippen LogP contribution in [0.5, 0.6) is 0 Å². The summed E-state index contributed by atoms with van der Waals surface area (Å²) in [6.45, 7) is 1.56. The summed E-state index contributed by atoms with van der Waals surface area (Å²) in [6, 6.07) is 13.3. The van der Waals surface area contributed by atoms with Gasteiger partial charge >= 0.3 is 11.9 Å². The van der Waals surface area contributed by atoms with Gasteiger partial charge in [0.05, 0.1) is 6.61 Å². The molecule has 1 N–H and O–H groups in total. The third kappa shape index (κ3) is 4.33. The molecule has 6 heteroatoms. The number of carbonyl (C=O) groups is 3. The van der Waals surface area contributed by atoms with E-state index in [1.807, 2.05) is 0 Å². The van der Waals surface area contributed by atoms with Crippen molar-refractivity contribution < 1.29 is 28.6 Å². The predicted molar refractivity (Wildman–Crippen MR) is 92.2 cm³/mol. The Bertz CT molecular complexity index is 786. The second kappa shape index (κ2) is 8.38. The maximum absolute atomic E-state index is 13.1. The highest BCUT2D eigenvalue weighted by molar-refractivity contribution is 6.07. The topological polar surface area (TPSA) is 80.7 Å². The third-order valence-electron chi connectivity index (χ3n) is 4.05. The van der Waals surface area contributed by atoms with E-state index in [1.165, 1.54) is 12.1 Å². The molecule has 136 valence electrons. The Morgan fingerprint density at radius 2 is 1.65 bits per heavy atom. The number of hydrogen-bond acceptors (Lipinski definition) is 4. The highest BCUT2D eigenvalue weighted by atomic mass is 19.1. The number of benzene rings is 2. The van der Waals surface area contributed by atoms with Crippen molar-refractivity contribution in [1.82, 2.24) is 0 Å². The first-order chi connectivity index (χ1) is 12.4. The van der Waals surface area contributed by atoms with Crippen LogP contribution in [0.25, 0.3) is 0 Å². The van der Waals surface area contributed by atoms with Crippen LogP contribution in [0.15, 0.2) is 54.6 Å². The first kappa shape index (κ1) is 19.3. The minimum atomic E-state index is -2.05. The van der Waals surface area contributed by atoms with Crippen LogP contribution in [0, 0.1) is 11.2 Å². The van der Waals surface area contributed by atoms with E-state index in [-0.39, 0.29) is 18.6 Å². The van der Waals surface area contributed by atoms with E-state index in [4.69, 9.17) is 4.74 Å². The Labute approximate surface area is 150 Å². The number of hydrogen-bond donors (Lipinski definition) is 1. The van der Waals surface area contributed by atoms with Gasteiger partial charge in [0.25, 0.3) is 0 Å². The number of Topliss-reactive ketones (excluding diaryl/α,β-unsaturated/α-hetero) is 1. The molecule has 0 heterocycles. The standard InChI is InChI=1S/C20H19FO5/c1-2-26-19(25)20(18(23)24,12-14-6-4-3-5-7-14)13-17(22)15-8-10-16(21)11-9-15/h3-11H,2,12-13H2,1H3,(H,23,24). The Morgan fingerprint density at radius 3 is 2.19 bits per heavy atom. The van der Waals surface area contributed by atoms with Crippen LogP contribution < -0.4 is 0 Å². The van der Waals surface area contributed by atoms with E-state index >= 15 is 0 Å². The van der Waals surface area contributed by atoms with Crippen molar-refractivity contribution in [2.45, 2.75) is 19.8 Å². The fourth-order valence-electron chi connectivity index (χ4n) is 2.67. The molecule has 0 saturated heterocycles. The number of ketones is 1. The van der Waals surface area contributed by atoms with Crippen molar-refractivity contribution in [3.05, 3.63) is 71.5 Å². The number of aliphatic carboxylic acids is 1. The normalized spacial score (nSPS) is 12.8. The zero-order chi connectivity index (χ0) is 19.2. The maximum Gasteiger partial charge on any atom is 0.324 e. The van der Waals surface area contributed by atoms with Gasteiger partial charge in [-0.3, -0.25) is 14.4 Å². The second-order valence-electron chi connectivity index (χ2n) is 5.88. The van der Waals surface area contributed by atoms with Gasteiger partial charge in [0, 0.05) is 12.0 Å². The van der Waals surface area contributed by atoms with Crippen molar-refractivity contribution in [1.29, 1.82) is 0 Å². The zero-order valence-electron chi connectivity index (χ0n) is 14.3. The molecule has 0 radical (unpaired) electrons. The first-order valence-electron chi connectivity index (χ1n) is 8.12. The molecule has 2 aromatic carbocycles. The van der Waals surface area contributed by atoms with Crippen LogP contribution in [-0.2, 0) is 20.7 Å². The lowest BCUT2D eigenvalue weighted by atomic mass is 9.76. The minimum Gasteiger partial charge on any atom is -0.480 e. The molecule has 0 spiro atoms. The average Bonchev–Trinajstić information content (AvgIpc) is 2.62. The molecule has 0 aromatic heterocycles. The van der Waals surface area contributed by atoms with E-state index in [1.54, 1.807) is 37.3 Å². The minimum absolute atomic E-state index is 0.00656. The number of rotatable bonds is 8. The summed E-state index contributed by atoms with van der Waals surface area (Å²) < 4.78 is 18.0. The molecule has 0 amide bonds. The summed E-state index contributed by atoms with van der Waals surface area (Å²) in [6.07, 6.45) is -0.767. The maximum atomic E-state index is 13.1. The van der Waals surface area contributed by atoms with Crippen molar-refractivity contribution in [3.8, 4) is 0 Å². The van der Waals surface area contributed by atoms with E-state index in [9.17, 15) is 23.9 Å². The molecule has 0 saturated carbocycles. The Morgan fingerprint density at radius 1 is 1.04 bits per heavy atom. The lowest BCUT2D eigenvalue weighted by molar-refractivity contribution is -0.168. The fourth-order valence-corrected chi connectivity index (χ4v) is 2.67.